The Labute approximate surface area is 365 Å². The Kier molecular flexibility index (Phi) is 8.72. The van der Waals surface area contributed by atoms with Gasteiger partial charge < -0.3 is 0 Å². The van der Waals surface area contributed by atoms with E-state index < -0.39 is 0 Å². The first kappa shape index (κ1) is 36.3. The molecule has 0 fully saturated rings. The minimum absolute atomic E-state index is 0.228. The first-order valence-electron chi connectivity index (χ1n) is 21.3. The third-order valence-electron chi connectivity index (χ3n) is 12.9. The second-order valence-electron chi connectivity index (χ2n) is 16.3. The molecule has 12 rings (SSSR count). The fraction of sp³-hybridized carbons (Fsp3) is 0.0517. The van der Waals surface area contributed by atoms with Gasteiger partial charge in [-0.25, -0.2) is 15.0 Å². The molecule has 2 aliphatic rings. The molecule has 3 unspecified atom stereocenters. The zero-order chi connectivity index (χ0) is 41.0. The van der Waals surface area contributed by atoms with E-state index in [9.17, 15) is 0 Å². The number of benzene rings is 8. The molecule has 292 valence electrons. The van der Waals surface area contributed by atoms with E-state index in [1.54, 1.807) is 0 Å². The van der Waals surface area contributed by atoms with Gasteiger partial charge in [-0.1, -0.05) is 194 Å². The number of nitrogens with zero attached hydrogens (tertiary/aromatic N) is 3. The molecule has 0 N–H and O–H groups in total. The first-order valence-corrected chi connectivity index (χ1v) is 22.1. The Morgan fingerprint density at radius 1 is 0.371 bits per heavy atom. The van der Waals surface area contributed by atoms with Gasteiger partial charge >= 0.3 is 0 Å². The highest BCUT2D eigenvalue weighted by Crippen LogP contribution is 2.60. The topological polar surface area (TPSA) is 38.7 Å². The van der Waals surface area contributed by atoms with Crippen molar-refractivity contribution in [1.29, 1.82) is 0 Å². The van der Waals surface area contributed by atoms with E-state index in [1.165, 1.54) is 42.4 Å². The van der Waals surface area contributed by atoms with Crippen molar-refractivity contribution < 1.29 is 0 Å². The highest BCUT2D eigenvalue weighted by Gasteiger charge is 2.52. The van der Waals surface area contributed by atoms with E-state index in [0.29, 0.717) is 17.5 Å². The third kappa shape index (κ3) is 5.98. The predicted octanol–water partition coefficient (Wildman–Crippen LogP) is 14.7. The molecule has 4 heteroatoms. The highest BCUT2D eigenvalue weighted by molar-refractivity contribution is 7.25. The van der Waals surface area contributed by atoms with Crippen molar-refractivity contribution in [2.45, 2.75) is 11.3 Å². The van der Waals surface area contributed by atoms with Gasteiger partial charge in [0.25, 0.3) is 0 Å². The first-order chi connectivity index (χ1) is 30.7. The van der Waals surface area contributed by atoms with E-state index >= 15 is 0 Å². The van der Waals surface area contributed by atoms with Crippen LogP contribution in [-0.2, 0) is 5.41 Å². The predicted molar refractivity (Wildman–Crippen MR) is 257 cm³/mol. The largest absolute Gasteiger partial charge is 0.208 e. The summed E-state index contributed by atoms with van der Waals surface area (Å²) in [6, 6.07) is 72.2. The van der Waals surface area contributed by atoms with Crippen LogP contribution in [0.1, 0.15) is 28.2 Å². The number of hydrogen-bond donors (Lipinski definition) is 0. The van der Waals surface area contributed by atoms with Crippen molar-refractivity contribution >= 4 is 31.5 Å². The lowest BCUT2D eigenvalue weighted by Gasteiger charge is -2.39. The smallest absolute Gasteiger partial charge is 0.164 e. The van der Waals surface area contributed by atoms with Crippen LogP contribution in [0.2, 0.25) is 0 Å². The van der Waals surface area contributed by atoms with Gasteiger partial charge in [-0.05, 0) is 74.8 Å². The van der Waals surface area contributed by atoms with Crippen LogP contribution in [0, 0.1) is 5.92 Å². The van der Waals surface area contributed by atoms with E-state index in [0.717, 1.165) is 38.9 Å². The van der Waals surface area contributed by atoms with Gasteiger partial charge in [0, 0.05) is 48.7 Å². The van der Waals surface area contributed by atoms with Crippen LogP contribution >= 0.6 is 11.3 Å². The summed E-state index contributed by atoms with van der Waals surface area (Å²) in [6.45, 7) is 0. The van der Waals surface area contributed by atoms with Gasteiger partial charge in [-0.2, -0.15) is 0 Å². The van der Waals surface area contributed by atoms with Crippen LogP contribution in [0.25, 0.3) is 76.6 Å². The van der Waals surface area contributed by atoms with Crippen molar-refractivity contribution in [2.75, 3.05) is 0 Å². The molecule has 2 aromatic heterocycles. The normalized spacial score (nSPS) is 17.6. The summed E-state index contributed by atoms with van der Waals surface area (Å²) in [5.41, 5.74) is 12.4. The van der Waals surface area contributed by atoms with Crippen molar-refractivity contribution in [1.82, 2.24) is 15.0 Å². The van der Waals surface area contributed by atoms with Gasteiger partial charge in [0.05, 0.1) is 5.41 Å². The van der Waals surface area contributed by atoms with Crippen LogP contribution in [0.4, 0.5) is 0 Å². The standard InChI is InChI=1S/C58H39N3S/c1-3-15-38(16-4-1)41-19-13-21-43(35-41)56-59-55(40-17-5-2-6-18-40)60-57(61-56)44-22-14-20-42(36-44)39-29-31-45(32-30-39)58(51-26-10-7-23-47(51)48-24-8-11-27-52(48)58)46-33-34-54-50(37-46)49-25-9-12-28-53(49)62-54/h1-37,47,51H. The van der Waals surface area contributed by atoms with Crippen LogP contribution < -0.4 is 0 Å². The summed E-state index contributed by atoms with van der Waals surface area (Å²) in [6.07, 6.45) is 9.32. The molecular weight excluding hydrogens is 771 g/mol. The number of rotatable bonds is 7. The molecule has 3 atom stereocenters. The Morgan fingerprint density at radius 3 is 1.63 bits per heavy atom. The summed E-state index contributed by atoms with van der Waals surface area (Å²) in [4.78, 5) is 15.3. The molecule has 0 aliphatic heterocycles. The maximum absolute atomic E-state index is 5.14. The molecule has 0 spiro atoms. The van der Waals surface area contributed by atoms with Gasteiger partial charge in [0.2, 0.25) is 0 Å². The van der Waals surface area contributed by atoms with E-state index in [-0.39, 0.29) is 17.3 Å². The maximum Gasteiger partial charge on any atom is 0.164 e. The summed E-state index contributed by atoms with van der Waals surface area (Å²) in [5.74, 6) is 2.44. The summed E-state index contributed by atoms with van der Waals surface area (Å²) in [7, 11) is 0. The molecule has 3 nitrogen and oxygen atoms in total. The molecular formula is C58H39N3S. The molecule has 0 radical (unpaired) electrons. The maximum atomic E-state index is 5.14. The van der Waals surface area contributed by atoms with Crippen molar-refractivity contribution in [3.05, 3.63) is 247 Å². The lowest BCUT2D eigenvalue weighted by Crippen LogP contribution is -2.35. The fourth-order valence-electron chi connectivity index (χ4n) is 10.1. The zero-order valence-corrected chi connectivity index (χ0v) is 34.6. The number of hydrogen-bond acceptors (Lipinski definition) is 4. The van der Waals surface area contributed by atoms with Gasteiger partial charge in [-0.15, -0.1) is 11.3 Å². The monoisotopic (exact) mass is 809 g/mol. The molecule has 2 heterocycles. The minimum Gasteiger partial charge on any atom is -0.208 e. The van der Waals surface area contributed by atoms with Crippen LogP contribution in [0.3, 0.4) is 0 Å². The van der Waals surface area contributed by atoms with Crippen molar-refractivity contribution in [3.8, 4) is 56.4 Å². The van der Waals surface area contributed by atoms with Crippen molar-refractivity contribution in [3.63, 3.8) is 0 Å². The molecule has 10 aromatic rings. The Morgan fingerprint density at radius 2 is 0.903 bits per heavy atom. The van der Waals surface area contributed by atoms with Gasteiger partial charge in [0.15, 0.2) is 17.5 Å². The van der Waals surface area contributed by atoms with Crippen molar-refractivity contribution in [2.24, 2.45) is 5.92 Å². The molecule has 0 saturated heterocycles. The molecule has 62 heavy (non-hydrogen) atoms. The Hall–Kier alpha value is -7.53. The quantitative estimate of drug-likeness (QED) is 0.161. The lowest BCUT2D eigenvalue weighted by molar-refractivity contribution is 0.457. The SMILES string of the molecule is C1=CC2c3ccccc3C(c3ccc(-c4cccc(-c5nc(-c6ccccc6)nc(-c6cccc(-c7ccccc7)c6)n5)c4)cc3)(c3ccc4sc5ccccc5c4c3)C2C=C1. The lowest BCUT2D eigenvalue weighted by atomic mass is 9.63. The average molecular weight is 810 g/mol. The summed E-state index contributed by atoms with van der Waals surface area (Å²) in [5, 5.41) is 2.65. The van der Waals surface area contributed by atoms with E-state index in [4.69, 9.17) is 15.0 Å². The van der Waals surface area contributed by atoms with Crippen LogP contribution in [-0.4, -0.2) is 15.0 Å². The molecule has 8 aromatic carbocycles. The van der Waals surface area contributed by atoms with Crippen LogP contribution in [0.5, 0.6) is 0 Å². The molecule has 0 bridgehead atoms. The zero-order valence-electron chi connectivity index (χ0n) is 33.8. The minimum atomic E-state index is -0.382. The van der Waals surface area contributed by atoms with Crippen LogP contribution in [0.15, 0.2) is 224 Å². The van der Waals surface area contributed by atoms with E-state index in [2.05, 4.69) is 200 Å². The second-order valence-corrected chi connectivity index (χ2v) is 17.4. The third-order valence-corrected chi connectivity index (χ3v) is 14.1. The summed E-state index contributed by atoms with van der Waals surface area (Å²) >= 11 is 1.88. The molecule has 0 saturated carbocycles. The number of fused-ring (bicyclic) bond motifs is 6. The average Bonchev–Trinajstić information content (AvgIpc) is 3.88. The fourth-order valence-corrected chi connectivity index (χ4v) is 11.1. The molecule has 2 aliphatic carbocycles. The number of thiophene rings is 1. The number of aromatic nitrogens is 3. The highest BCUT2D eigenvalue weighted by atomic mass is 32.1. The van der Waals surface area contributed by atoms with E-state index in [1.807, 2.05) is 35.6 Å². The summed E-state index contributed by atoms with van der Waals surface area (Å²) < 4.78 is 2.65. The second kappa shape index (κ2) is 14.9. The number of allylic oxidation sites excluding steroid dienone is 4. The molecule has 0 amide bonds. The Bertz CT molecular complexity index is 3370. The van der Waals surface area contributed by atoms with Gasteiger partial charge in [0.1, 0.15) is 0 Å². The Balaban J connectivity index is 0.969. The van der Waals surface area contributed by atoms with Gasteiger partial charge in [-0.3, -0.25) is 0 Å².